The van der Waals surface area contributed by atoms with Crippen LogP contribution in [0.5, 0.6) is 46.0 Å². The van der Waals surface area contributed by atoms with E-state index in [1.807, 2.05) is 168 Å². The maximum absolute atomic E-state index is 16.2. The number of hydrogen-bond donors (Lipinski definition) is 0. The van der Waals surface area contributed by atoms with Crippen LogP contribution in [0.2, 0.25) is 0 Å². The van der Waals surface area contributed by atoms with Crippen molar-refractivity contribution in [3.05, 3.63) is 203 Å². The summed E-state index contributed by atoms with van der Waals surface area (Å²) >= 11 is 0. The van der Waals surface area contributed by atoms with Crippen molar-refractivity contribution in [1.29, 1.82) is 0 Å². The number of fused-ring (bicyclic) bond motifs is 20. The molecule has 2 spiro atoms. The molecule has 0 N–H and O–H groups in total. The van der Waals surface area contributed by atoms with E-state index in [-0.39, 0.29) is 38.2 Å². The number of carbonyl (C=O) groups excluding carboxylic acids is 2. The predicted molar refractivity (Wildman–Crippen MR) is 320 cm³/mol. The number of ether oxygens (including phenoxy) is 6. The SMILES string of the molecule is C#CCOc1ccc2c3c(ccc2c1)C1(C(=O)N(CCCCN2C(=O)C4(c5ccccc52)c2ccc5cc(OCC#C)ccc5c2Oc2c4ccc4cc(OCC#C)ccc24)c2ccccc21)c1ccc2cc(OCC#C)ccc2c1O3. The molecule has 0 unspecified atom stereocenters. The lowest BCUT2D eigenvalue weighted by Gasteiger charge is -2.38. The van der Waals surface area contributed by atoms with Gasteiger partial charge in [-0.05, 0) is 119 Å². The number of carbonyl (C=O) groups is 2. The monoisotopic (exact) mass is 1070 g/mol. The first kappa shape index (κ1) is 49.5. The van der Waals surface area contributed by atoms with Crippen molar-refractivity contribution in [2.75, 3.05) is 49.3 Å². The zero-order valence-electron chi connectivity index (χ0n) is 44.3. The Morgan fingerprint density at radius 2 is 0.659 bits per heavy atom. The zero-order chi connectivity index (χ0) is 55.7. The fourth-order valence-corrected chi connectivity index (χ4v) is 13.0. The number of benzene rings is 10. The maximum atomic E-state index is 16.2. The summed E-state index contributed by atoms with van der Waals surface area (Å²) in [6.45, 7) is 1.25. The van der Waals surface area contributed by atoms with Crippen LogP contribution in [-0.2, 0) is 20.4 Å². The molecule has 0 aliphatic carbocycles. The fraction of sp³-hybridized carbons (Fsp3) is 0.139. The van der Waals surface area contributed by atoms with Crippen LogP contribution < -0.4 is 38.2 Å². The summed E-state index contributed by atoms with van der Waals surface area (Å²) < 4.78 is 37.6. The molecule has 0 atom stereocenters. The highest BCUT2D eigenvalue weighted by atomic mass is 16.5. The van der Waals surface area contributed by atoms with E-state index >= 15 is 9.59 Å². The molecule has 4 heterocycles. The van der Waals surface area contributed by atoms with Crippen LogP contribution in [0.15, 0.2) is 170 Å². The van der Waals surface area contributed by atoms with Gasteiger partial charge in [0.25, 0.3) is 0 Å². The molecule has 4 aliphatic rings. The van der Waals surface area contributed by atoms with Crippen molar-refractivity contribution in [2.24, 2.45) is 0 Å². The topological polar surface area (TPSA) is 96.0 Å². The van der Waals surface area contributed by atoms with Gasteiger partial charge in [0, 0.05) is 79.4 Å². The van der Waals surface area contributed by atoms with E-state index in [4.69, 9.17) is 54.1 Å². The Kier molecular flexibility index (Phi) is 11.8. The summed E-state index contributed by atoms with van der Waals surface area (Å²) in [7, 11) is 0. The minimum absolute atomic E-state index is 0.0953. The molecule has 0 fully saturated rings. The first-order chi connectivity index (χ1) is 40.3. The molecular weight excluding hydrogens is 1020 g/mol. The van der Waals surface area contributed by atoms with E-state index in [9.17, 15) is 0 Å². The lowest BCUT2D eigenvalue weighted by molar-refractivity contribution is -0.121. The molecule has 0 aromatic heterocycles. The predicted octanol–water partition coefficient (Wildman–Crippen LogP) is 13.4. The van der Waals surface area contributed by atoms with Crippen LogP contribution in [0.3, 0.4) is 0 Å². The molecule has 0 saturated heterocycles. The Balaban J connectivity index is 0.833. The Bertz CT molecular complexity index is 4060. The average Bonchev–Trinajstić information content (AvgIpc) is 1.77. The standard InChI is InChI=1S/C72H48N2O8/c1-5-37-77-49-23-27-53-45(41-49)19-31-59-65(53)81-66-54-28-24-50(78-38-6-2)42-46(54)20-32-60(66)71(59)57-15-9-11-17-63(57)73(69(71)75)35-13-14-36-74-64-18-12-10-16-58(64)72(70(74)76)61-33-21-47-43-51(79-39-7-3)25-29-55(47)67(61)82-68-56-30-26-52(80-40-8-4)44-48(56)22-34-62(68)72/h1-4,9-12,15-34,41-44H,13-14,35-40H2. The van der Waals surface area contributed by atoms with E-state index in [1.165, 1.54) is 0 Å². The number of rotatable bonds is 13. The van der Waals surface area contributed by atoms with E-state index < -0.39 is 10.8 Å². The molecule has 10 nitrogen and oxygen atoms in total. The highest BCUT2D eigenvalue weighted by molar-refractivity contribution is 6.18. The van der Waals surface area contributed by atoms with Gasteiger partial charge in [0.05, 0.1) is 0 Å². The van der Waals surface area contributed by atoms with Gasteiger partial charge in [0.15, 0.2) is 0 Å². The second kappa shape index (κ2) is 19.5. The van der Waals surface area contributed by atoms with Gasteiger partial charge in [0.2, 0.25) is 11.8 Å². The van der Waals surface area contributed by atoms with E-state index in [2.05, 4.69) is 35.8 Å². The van der Waals surface area contributed by atoms with Crippen LogP contribution in [0.25, 0.3) is 43.1 Å². The van der Waals surface area contributed by atoms with Gasteiger partial charge in [-0.15, -0.1) is 25.7 Å². The molecule has 2 amide bonds. The van der Waals surface area contributed by atoms with E-state index in [0.29, 0.717) is 71.9 Å². The van der Waals surface area contributed by atoms with Gasteiger partial charge in [-0.3, -0.25) is 9.59 Å². The minimum Gasteiger partial charge on any atom is -0.481 e. The van der Waals surface area contributed by atoms with Crippen LogP contribution >= 0.6 is 0 Å². The molecular formula is C72H48N2O8. The summed E-state index contributed by atoms with van der Waals surface area (Å²) in [6.07, 6.45) is 23.4. The van der Waals surface area contributed by atoms with Gasteiger partial charge in [-0.1, -0.05) is 109 Å². The molecule has 0 radical (unpaired) electrons. The number of nitrogens with zero attached hydrogens (tertiary/aromatic N) is 2. The normalized spacial score (nSPS) is 14.3. The van der Waals surface area contributed by atoms with Gasteiger partial charge < -0.3 is 38.2 Å². The Hall–Kier alpha value is -10.8. The number of hydrogen-bond acceptors (Lipinski definition) is 8. The maximum Gasteiger partial charge on any atom is 0.247 e. The third-order valence-electron chi connectivity index (χ3n) is 16.4. The fourth-order valence-electron chi connectivity index (χ4n) is 13.0. The molecule has 10 aromatic carbocycles. The summed E-state index contributed by atoms with van der Waals surface area (Å²) in [4.78, 5) is 36.2. The van der Waals surface area contributed by atoms with Crippen LogP contribution in [0.1, 0.15) is 46.2 Å². The Labute approximate surface area is 473 Å². The molecule has 4 aliphatic heterocycles. The third kappa shape index (κ3) is 7.29. The van der Waals surface area contributed by atoms with Crippen molar-refractivity contribution in [3.8, 4) is 95.4 Å². The Morgan fingerprint density at radius 1 is 0.366 bits per heavy atom. The smallest absolute Gasteiger partial charge is 0.247 e. The molecule has 0 saturated carbocycles. The van der Waals surface area contributed by atoms with Gasteiger partial charge in [-0.25, -0.2) is 0 Å². The van der Waals surface area contributed by atoms with Crippen molar-refractivity contribution in [3.63, 3.8) is 0 Å². The van der Waals surface area contributed by atoms with Crippen molar-refractivity contribution >= 4 is 66.3 Å². The van der Waals surface area contributed by atoms with E-state index in [1.54, 1.807) is 0 Å². The second-order valence-electron chi connectivity index (χ2n) is 20.6. The second-order valence-corrected chi connectivity index (χ2v) is 20.6. The quantitative estimate of drug-likeness (QED) is 0.0832. The lowest BCUT2D eigenvalue weighted by atomic mass is 9.67. The van der Waals surface area contributed by atoms with E-state index in [0.717, 1.165) is 87.8 Å². The van der Waals surface area contributed by atoms with Gasteiger partial charge in [-0.2, -0.15) is 0 Å². The largest absolute Gasteiger partial charge is 0.481 e. The molecule has 10 aromatic rings. The average molecular weight is 1070 g/mol. The molecule has 10 heteroatoms. The van der Waals surface area contributed by atoms with Crippen molar-refractivity contribution in [2.45, 2.75) is 23.7 Å². The van der Waals surface area contributed by atoms with Gasteiger partial charge >= 0.3 is 0 Å². The van der Waals surface area contributed by atoms with Crippen molar-refractivity contribution in [1.82, 2.24) is 0 Å². The number of amides is 2. The van der Waals surface area contributed by atoms with Crippen LogP contribution in [0.4, 0.5) is 11.4 Å². The summed E-state index contributed by atoms with van der Waals surface area (Å²) in [5.41, 5.74) is 3.66. The third-order valence-corrected chi connectivity index (χ3v) is 16.4. The minimum atomic E-state index is -1.29. The van der Waals surface area contributed by atoms with Crippen LogP contribution in [-0.4, -0.2) is 51.3 Å². The van der Waals surface area contributed by atoms with Crippen LogP contribution in [0, 0.1) is 49.4 Å². The Morgan fingerprint density at radius 3 is 0.951 bits per heavy atom. The number of unbranched alkanes of at least 4 members (excludes halogenated alkanes) is 1. The molecule has 82 heavy (non-hydrogen) atoms. The van der Waals surface area contributed by atoms with Crippen molar-refractivity contribution < 1.29 is 38.0 Å². The number of anilines is 2. The number of para-hydroxylation sites is 2. The van der Waals surface area contributed by atoms with Gasteiger partial charge in [0.1, 0.15) is 83.3 Å². The summed E-state index contributed by atoms with van der Waals surface area (Å²) in [5.74, 6) is 14.8. The lowest BCUT2D eigenvalue weighted by Crippen LogP contribution is -2.45. The number of terminal acetylenes is 4. The summed E-state index contributed by atoms with van der Waals surface area (Å²) in [5, 5.41) is 6.71. The first-order valence-corrected chi connectivity index (χ1v) is 27.0. The molecule has 0 bridgehead atoms. The molecule has 394 valence electrons. The zero-order valence-corrected chi connectivity index (χ0v) is 44.3. The highest BCUT2D eigenvalue weighted by Gasteiger charge is 2.59. The summed E-state index contributed by atoms with van der Waals surface area (Å²) in [6, 6.07) is 55.3. The molecule has 14 rings (SSSR count). The highest BCUT2D eigenvalue weighted by Crippen LogP contribution is 2.63. The first-order valence-electron chi connectivity index (χ1n) is 27.0.